The van der Waals surface area contributed by atoms with E-state index in [1.807, 2.05) is 12.4 Å². The number of rotatable bonds is 4. The van der Waals surface area contributed by atoms with Crippen LogP contribution in [0.25, 0.3) is 0 Å². The van der Waals surface area contributed by atoms with E-state index in [9.17, 15) is 0 Å². The van der Waals surface area contributed by atoms with Crippen LogP contribution in [0.2, 0.25) is 0 Å². The Kier molecular flexibility index (Phi) is 3.11. The number of nitrogens with one attached hydrogen (secondary N) is 1. The molecule has 1 heterocycles. The number of nitrogens with zero attached hydrogens (tertiary/aromatic N) is 2. The second-order valence-electron chi connectivity index (χ2n) is 8.26. The fourth-order valence-corrected chi connectivity index (χ4v) is 6.43. The van der Waals surface area contributed by atoms with Crippen LogP contribution in [-0.2, 0) is 0 Å². The van der Waals surface area contributed by atoms with Gasteiger partial charge in [0.1, 0.15) is 0 Å². The van der Waals surface area contributed by atoms with Crippen LogP contribution < -0.4 is 5.32 Å². The quantitative estimate of drug-likeness (QED) is 0.916. The molecule has 0 amide bonds. The van der Waals surface area contributed by atoms with E-state index in [1.165, 1.54) is 38.5 Å². The molecule has 1 aromatic rings. The molecule has 0 aromatic carbocycles. The summed E-state index contributed by atoms with van der Waals surface area (Å²) in [6, 6.07) is 0.390. The molecule has 0 spiro atoms. The second kappa shape index (κ2) is 4.77. The molecule has 5 rings (SSSR count). The molecule has 1 aromatic heterocycles. The number of aromatic nitrogens is 2. The van der Waals surface area contributed by atoms with E-state index < -0.39 is 0 Å². The average molecular weight is 285 g/mol. The van der Waals surface area contributed by atoms with E-state index in [0.29, 0.717) is 16.9 Å². The minimum Gasteiger partial charge on any atom is -0.308 e. The summed E-state index contributed by atoms with van der Waals surface area (Å²) in [6.45, 7) is 5.76. The maximum Gasteiger partial charge on any atom is 0.0761 e. The standard InChI is InChI=1S/C18H27N3/c1-3-20-16(15-11-19-4-5-21-15)18-9-13-6-14(10-18)8-17(2,7-13)12-18/h4-5,11,13-14,16,20H,3,6-10,12H2,1-2H3. The van der Waals surface area contributed by atoms with E-state index in [1.54, 1.807) is 6.20 Å². The van der Waals surface area contributed by atoms with E-state index in [2.05, 4.69) is 29.1 Å². The number of hydrogen-bond donors (Lipinski definition) is 1. The molecule has 21 heavy (non-hydrogen) atoms. The topological polar surface area (TPSA) is 37.8 Å². The van der Waals surface area contributed by atoms with E-state index in [4.69, 9.17) is 0 Å². The van der Waals surface area contributed by atoms with Crippen molar-refractivity contribution in [3.63, 3.8) is 0 Å². The zero-order chi connectivity index (χ0) is 14.5. The van der Waals surface area contributed by atoms with Crippen LogP contribution in [0.15, 0.2) is 18.6 Å². The molecule has 3 atom stereocenters. The van der Waals surface area contributed by atoms with Crippen molar-refractivity contribution < 1.29 is 0 Å². The first-order valence-electron chi connectivity index (χ1n) is 8.62. The number of hydrogen-bond acceptors (Lipinski definition) is 3. The Balaban J connectivity index is 1.72. The van der Waals surface area contributed by atoms with Crippen LogP contribution in [0, 0.1) is 22.7 Å². The van der Waals surface area contributed by atoms with Gasteiger partial charge in [-0.1, -0.05) is 13.8 Å². The molecule has 3 heteroatoms. The average Bonchev–Trinajstić information content (AvgIpc) is 2.43. The minimum absolute atomic E-state index is 0.390. The van der Waals surface area contributed by atoms with Gasteiger partial charge in [-0.05, 0) is 67.7 Å². The Hall–Kier alpha value is -0.960. The van der Waals surface area contributed by atoms with Crippen molar-refractivity contribution in [3.8, 4) is 0 Å². The summed E-state index contributed by atoms with van der Waals surface area (Å²) < 4.78 is 0. The largest absolute Gasteiger partial charge is 0.308 e. The second-order valence-corrected chi connectivity index (χ2v) is 8.26. The molecule has 4 fully saturated rings. The predicted molar refractivity (Wildman–Crippen MR) is 83.7 cm³/mol. The van der Waals surface area contributed by atoms with Crippen LogP contribution in [0.3, 0.4) is 0 Å². The first kappa shape index (κ1) is 13.7. The van der Waals surface area contributed by atoms with Crippen molar-refractivity contribution >= 4 is 0 Å². The van der Waals surface area contributed by atoms with E-state index in [-0.39, 0.29) is 0 Å². The highest BCUT2D eigenvalue weighted by molar-refractivity contribution is 5.16. The lowest BCUT2D eigenvalue weighted by atomic mass is 9.43. The monoisotopic (exact) mass is 285 g/mol. The van der Waals surface area contributed by atoms with Crippen molar-refractivity contribution in [2.45, 2.75) is 58.4 Å². The van der Waals surface area contributed by atoms with Crippen molar-refractivity contribution in [2.24, 2.45) is 22.7 Å². The van der Waals surface area contributed by atoms with Gasteiger partial charge in [-0.25, -0.2) is 0 Å². The maximum absolute atomic E-state index is 4.65. The summed E-state index contributed by atoms with van der Waals surface area (Å²) in [5, 5.41) is 3.77. The van der Waals surface area contributed by atoms with Gasteiger partial charge < -0.3 is 5.32 Å². The highest BCUT2D eigenvalue weighted by atomic mass is 15.0. The maximum atomic E-state index is 4.65. The molecule has 3 nitrogen and oxygen atoms in total. The molecule has 0 aliphatic heterocycles. The molecular formula is C18H27N3. The van der Waals surface area contributed by atoms with Gasteiger partial charge in [0.15, 0.2) is 0 Å². The van der Waals surface area contributed by atoms with Crippen LogP contribution in [-0.4, -0.2) is 16.5 Å². The lowest BCUT2D eigenvalue weighted by Gasteiger charge is -2.63. The van der Waals surface area contributed by atoms with E-state index in [0.717, 1.165) is 24.1 Å². The van der Waals surface area contributed by atoms with Crippen LogP contribution in [0.4, 0.5) is 0 Å². The summed E-state index contributed by atoms with van der Waals surface area (Å²) in [7, 11) is 0. The van der Waals surface area contributed by atoms with Crippen molar-refractivity contribution in [1.82, 2.24) is 15.3 Å². The van der Waals surface area contributed by atoms with E-state index >= 15 is 0 Å². The smallest absolute Gasteiger partial charge is 0.0761 e. The lowest BCUT2D eigenvalue weighted by Crippen LogP contribution is -2.55. The van der Waals surface area contributed by atoms with Crippen LogP contribution in [0.5, 0.6) is 0 Å². The third-order valence-electron chi connectivity index (χ3n) is 6.30. The highest BCUT2D eigenvalue weighted by Gasteiger charge is 2.58. The zero-order valence-corrected chi connectivity index (χ0v) is 13.3. The summed E-state index contributed by atoms with van der Waals surface area (Å²) in [5.74, 6) is 1.91. The van der Waals surface area contributed by atoms with Crippen molar-refractivity contribution in [1.29, 1.82) is 0 Å². The fourth-order valence-electron chi connectivity index (χ4n) is 6.43. The fraction of sp³-hybridized carbons (Fsp3) is 0.778. The van der Waals surface area contributed by atoms with Gasteiger partial charge in [0, 0.05) is 18.6 Å². The molecule has 0 saturated heterocycles. The van der Waals surface area contributed by atoms with Crippen molar-refractivity contribution in [2.75, 3.05) is 6.54 Å². The lowest BCUT2D eigenvalue weighted by molar-refractivity contribution is -0.119. The summed E-state index contributed by atoms with van der Waals surface area (Å²) >= 11 is 0. The Bertz CT molecular complexity index is 498. The van der Waals surface area contributed by atoms with Gasteiger partial charge in [-0.15, -0.1) is 0 Å². The Morgan fingerprint density at radius 2 is 2.00 bits per heavy atom. The molecule has 4 aliphatic carbocycles. The first-order chi connectivity index (χ1) is 10.1. The third-order valence-corrected chi connectivity index (χ3v) is 6.30. The van der Waals surface area contributed by atoms with Crippen LogP contribution in [0.1, 0.15) is 64.1 Å². The molecule has 4 aliphatic rings. The van der Waals surface area contributed by atoms with Crippen LogP contribution >= 0.6 is 0 Å². The van der Waals surface area contributed by atoms with Gasteiger partial charge in [0.2, 0.25) is 0 Å². The Labute approximate surface area is 128 Å². The van der Waals surface area contributed by atoms with Crippen molar-refractivity contribution in [3.05, 3.63) is 24.3 Å². The SMILES string of the molecule is CCNC(c1cnccn1)C12CC3CC(CC(C)(C3)C1)C2. The summed E-state index contributed by atoms with van der Waals surface area (Å²) in [4.78, 5) is 8.98. The molecule has 4 saturated carbocycles. The first-order valence-corrected chi connectivity index (χ1v) is 8.62. The Morgan fingerprint density at radius 3 is 2.57 bits per heavy atom. The molecule has 3 unspecified atom stereocenters. The van der Waals surface area contributed by atoms with Gasteiger partial charge in [0.05, 0.1) is 11.7 Å². The molecule has 4 bridgehead atoms. The third kappa shape index (κ3) is 2.21. The highest BCUT2D eigenvalue weighted by Crippen LogP contribution is 2.68. The normalized spacial score (nSPS) is 42.2. The molecule has 114 valence electrons. The van der Waals surface area contributed by atoms with Gasteiger partial charge in [-0.2, -0.15) is 0 Å². The summed E-state index contributed by atoms with van der Waals surface area (Å²) in [6.07, 6.45) is 14.2. The molecular weight excluding hydrogens is 258 g/mol. The molecule has 1 N–H and O–H groups in total. The Morgan fingerprint density at radius 1 is 1.24 bits per heavy atom. The van der Waals surface area contributed by atoms with Gasteiger partial charge in [-0.3, -0.25) is 9.97 Å². The van der Waals surface area contributed by atoms with Gasteiger partial charge in [0.25, 0.3) is 0 Å². The summed E-state index contributed by atoms with van der Waals surface area (Å²) in [5.41, 5.74) is 2.16. The van der Waals surface area contributed by atoms with Gasteiger partial charge >= 0.3 is 0 Å². The zero-order valence-electron chi connectivity index (χ0n) is 13.3. The molecule has 0 radical (unpaired) electrons. The minimum atomic E-state index is 0.390. The predicted octanol–water partition coefficient (Wildman–Crippen LogP) is 3.73.